The van der Waals surface area contributed by atoms with E-state index in [1.165, 1.54) is 7.11 Å². The van der Waals surface area contributed by atoms with Crippen LogP contribution in [0.4, 0.5) is 13.2 Å². The minimum Gasteiger partial charge on any atom is -0.475 e. The number of methoxy groups -OCH3 is 1. The van der Waals surface area contributed by atoms with Crippen molar-refractivity contribution in [3.8, 4) is 11.1 Å². The van der Waals surface area contributed by atoms with Gasteiger partial charge in [-0.2, -0.15) is 13.2 Å². The summed E-state index contributed by atoms with van der Waals surface area (Å²) in [6.07, 6.45) is -3.10. The number of nitrogens with two attached hydrogens (primary N) is 1. The molecule has 0 unspecified atom stereocenters. The number of nitrogens with zero attached hydrogens (tertiary/aromatic N) is 1. The van der Waals surface area contributed by atoms with Crippen LogP contribution in [0.3, 0.4) is 0 Å². The van der Waals surface area contributed by atoms with Gasteiger partial charge in [0.1, 0.15) is 5.84 Å². The highest BCUT2D eigenvalue weighted by atomic mass is 19.4. The number of ether oxygens (including phenoxy) is 1. The van der Waals surface area contributed by atoms with Crippen LogP contribution >= 0.6 is 0 Å². The first-order chi connectivity index (χ1) is 19.4. The lowest BCUT2D eigenvalue weighted by Gasteiger charge is -2.30. The molecule has 0 saturated carbocycles. The molecule has 0 spiro atoms. The van der Waals surface area contributed by atoms with Gasteiger partial charge >= 0.3 is 18.1 Å². The van der Waals surface area contributed by atoms with Crippen LogP contribution < -0.4 is 5.73 Å². The average Bonchev–Trinajstić information content (AvgIpc) is 3.45. The molecule has 1 saturated heterocycles. The smallest absolute Gasteiger partial charge is 0.475 e. The second-order valence-corrected chi connectivity index (χ2v) is 9.40. The third-order valence-electron chi connectivity index (χ3n) is 6.70. The molecular weight excluding hydrogens is 539 g/mol. The van der Waals surface area contributed by atoms with Gasteiger partial charge in [-0.25, -0.2) is 4.79 Å². The lowest BCUT2D eigenvalue weighted by molar-refractivity contribution is -0.192. The maximum Gasteiger partial charge on any atom is 0.490 e. The number of amidine groups is 1. The summed E-state index contributed by atoms with van der Waals surface area (Å²) in [5, 5.41) is 14.8. The maximum absolute atomic E-state index is 13.4. The van der Waals surface area contributed by atoms with Crippen molar-refractivity contribution in [3.63, 3.8) is 0 Å². The zero-order valence-corrected chi connectivity index (χ0v) is 22.2. The molecule has 3 aromatic carbocycles. The van der Waals surface area contributed by atoms with Crippen molar-refractivity contribution in [1.82, 2.24) is 4.90 Å². The molecule has 1 aliphatic rings. The van der Waals surface area contributed by atoms with Gasteiger partial charge in [0.05, 0.1) is 13.0 Å². The van der Waals surface area contributed by atoms with E-state index in [0.717, 1.165) is 29.5 Å². The van der Waals surface area contributed by atoms with Crippen LogP contribution in [0.5, 0.6) is 0 Å². The summed E-state index contributed by atoms with van der Waals surface area (Å²) in [7, 11) is 1.38. The molecular formula is C30H30F3N3O5. The Morgan fingerprint density at radius 1 is 1.00 bits per heavy atom. The Balaban J connectivity index is 0.000000587. The van der Waals surface area contributed by atoms with Crippen molar-refractivity contribution in [2.45, 2.75) is 31.5 Å². The van der Waals surface area contributed by atoms with Crippen LogP contribution in [0.15, 0.2) is 78.9 Å². The van der Waals surface area contributed by atoms with Gasteiger partial charge in [-0.15, -0.1) is 0 Å². The third kappa shape index (κ3) is 8.17. The fraction of sp³-hybridized carbons (Fsp3) is 0.267. The van der Waals surface area contributed by atoms with Gasteiger partial charge in [0.25, 0.3) is 5.91 Å². The summed E-state index contributed by atoms with van der Waals surface area (Å²) in [6.45, 7) is 0.602. The lowest BCUT2D eigenvalue weighted by atomic mass is 9.89. The molecule has 0 aliphatic carbocycles. The van der Waals surface area contributed by atoms with Crippen molar-refractivity contribution in [3.05, 3.63) is 95.6 Å². The van der Waals surface area contributed by atoms with Crippen LogP contribution in [0, 0.1) is 11.3 Å². The summed E-state index contributed by atoms with van der Waals surface area (Å²) < 4.78 is 36.9. The molecule has 1 amide bonds. The number of nitrogen functional groups attached to an aromatic ring is 1. The fourth-order valence-electron chi connectivity index (χ4n) is 4.71. The maximum atomic E-state index is 13.4. The second kappa shape index (κ2) is 13.6. The first kappa shape index (κ1) is 30.9. The SMILES string of the molecule is COC(=O)[C@H](Cc1cccc(C(=N)N)c1)[C@H]1CCCN1C(=O)c1ccc(-c2ccccc2)cc1.O=C(O)C(F)(F)F. The highest BCUT2D eigenvalue weighted by Crippen LogP contribution is 2.30. The van der Waals surface area contributed by atoms with Crippen LogP contribution in [0.25, 0.3) is 11.1 Å². The van der Waals surface area contributed by atoms with Crippen molar-refractivity contribution in [2.24, 2.45) is 11.7 Å². The molecule has 216 valence electrons. The Kier molecular flexibility index (Phi) is 10.2. The molecule has 8 nitrogen and oxygen atoms in total. The van der Waals surface area contributed by atoms with E-state index in [1.807, 2.05) is 77.7 Å². The van der Waals surface area contributed by atoms with Gasteiger partial charge in [0.2, 0.25) is 0 Å². The minimum atomic E-state index is -5.08. The Morgan fingerprint density at radius 2 is 1.61 bits per heavy atom. The number of alkyl halides is 3. The summed E-state index contributed by atoms with van der Waals surface area (Å²) in [4.78, 5) is 37.0. The largest absolute Gasteiger partial charge is 0.490 e. The van der Waals surface area contributed by atoms with E-state index in [4.69, 9.17) is 25.8 Å². The van der Waals surface area contributed by atoms with Gasteiger partial charge in [-0.1, -0.05) is 60.7 Å². The number of amides is 1. The van der Waals surface area contributed by atoms with Crippen LogP contribution in [0.1, 0.15) is 34.3 Å². The number of aliphatic carboxylic acids is 1. The van der Waals surface area contributed by atoms with Crippen molar-refractivity contribution in [2.75, 3.05) is 13.7 Å². The van der Waals surface area contributed by atoms with Gasteiger partial charge in [-0.05, 0) is 54.2 Å². The molecule has 11 heteroatoms. The number of carbonyl (C=O) groups is 3. The average molecular weight is 570 g/mol. The highest BCUT2D eigenvalue weighted by Gasteiger charge is 2.39. The van der Waals surface area contributed by atoms with Crippen molar-refractivity contribution >= 4 is 23.7 Å². The van der Waals surface area contributed by atoms with Crippen molar-refractivity contribution in [1.29, 1.82) is 5.41 Å². The molecule has 0 radical (unpaired) electrons. The fourth-order valence-corrected chi connectivity index (χ4v) is 4.71. The van der Waals surface area contributed by atoms with E-state index in [2.05, 4.69) is 0 Å². The number of halogens is 3. The number of carboxylic acids is 1. The highest BCUT2D eigenvalue weighted by molar-refractivity contribution is 5.96. The molecule has 0 bridgehead atoms. The molecule has 41 heavy (non-hydrogen) atoms. The number of esters is 1. The van der Waals surface area contributed by atoms with Gasteiger partial charge in [-0.3, -0.25) is 15.0 Å². The standard InChI is InChI=1S/C28H29N3O3.C2HF3O2/c1-34-28(33)24(18-19-7-5-10-23(17-19)26(29)30)25-11-6-16-31(25)27(32)22-14-12-21(13-15-22)20-8-3-2-4-9-20;3-2(4,5)1(6)7/h2-5,7-10,12-15,17,24-25H,6,11,16,18H2,1H3,(H3,29,30);(H,6,7)/t24-,25-;/m1./s1. The first-order valence-corrected chi connectivity index (χ1v) is 12.7. The molecule has 0 aromatic heterocycles. The second-order valence-electron chi connectivity index (χ2n) is 9.40. The van der Waals surface area contributed by atoms with Crippen LogP contribution in [0.2, 0.25) is 0 Å². The van der Waals surface area contributed by atoms with Crippen LogP contribution in [-0.2, 0) is 20.7 Å². The third-order valence-corrected chi connectivity index (χ3v) is 6.70. The summed E-state index contributed by atoms with van der Waals surface area (Å²) >= 11 is 0. The monoisotopic (exact) mass is 569 g/mol. The number of benzene rings is 3. The predicted molar refractivity (Wildman–Crippen MR) is 146 cm³/mol. The predicted octanol–water partition coefficient (Wildman–Crippen LogP) is 4.91. The van der Waals surface area contributed by atoms with Crippen molar-refractivity contribution < 1.29 is 37.4 Å². The van der Waals surface area contributed by atoms with E-state index in [9.17, 15) is 22.8 Å². The van der Waals surface area contributed by atoms with E-state index < -0.39 is 18.1 Å². The first-order valence-electron chi connectivity index (χ1n) is 12.7. The molecule has 2 atom stereocenters. The molecule has 1 aliphatic heterocycles. The molecule has 1 heterocycles. The van der Waals surface area contributed by atoms with Gasteiger partial charge < -0.3 is 20.5 Å². The van der Waals surface area contributed by atoms with E-state index in [1.54, 1.807) is 6.07 Å². The quantitative estimate of drug-likeness (QED) is 0.210. The summed E-state index contributed by atoms with van der Waals surface area (Å²) in [5.74, 6) is -3.69. The van der Waals surface area contributed by atoms with E-state index >= 15 is 0 Å². The van der Waals surface area contributed by atoms with Crippen LogP contribution in [-0.4, -0.2) is 59.6 Å². The lowest BCUT2D eigenvalue weighted by Crippen LogP contribution is -2.44. The van der Waals surface area contributed by atoms with E-state index in [-0.39, 0.29) is 23.8 Å². The van der Waals surface area contributed by atoms with Gasteiger partial charge in [0.15, 0.2) is 0 Å². The number of nitrogens with one attached hydrogen (secondary N) is 1. The number of carboxylic acid groups (broad SMARTS) is 1. The Labute approximate surface area is 235 Å². The van der Waals surface area contributed by atoms with E-state index in [0.29, 0.717) is 24.1 Å². The topological polar surface area (TPSA) is 134 Å². The zero-order chi connectivity index (χ0) is 30.2. The number of rotatable bonds is 7. The molecule has 4 N–H and O–H groups in total. The molecule has 3 aromatic rings. The Hall–Kier alpha value is -4.67. The summed E-state index contributed by atoms with van der Waals surface area (Å²) in [5.41, 5.74) is 9.88. The van der Waals surface area contributed by atoms with Gasteiger partial charge in [0, 0.05) is 23.7 Å². The zero-order valence-electron chi connectivity index (χ0n) is 22.2. The molecule has 4 rings (SSSR count). The number of hydrogen-bond donors (Lipinski definition) is 3. The number of hydrogen-bond acceptors (Lipinski definition) is 5. The normalized spacial score (nSPS) is 15.3. The summed E-state index contributed by atoms with van der Waals surface area (Å²) in [6, 6.07) is 24.7. The number of likely N-dealkylation sites (tertiary alicyclic amines) is 1. The minimum absolute atomic E-state index is 0.0203. The number of carbonyl (C=O) groups excluding carboxylic acids is 2. The molecule has 1 fully saturated rings. The Morgan fingerprint density at radius 3 is 2.17 bits per heavy atom. The Bertz CT molecular complexity index is 1380.